The summed E-state index contributed by atoms with van der Waals surface area (Å²) in [5.41, 5.74) is -0.0548. The molecule has 1 aliphatic heterocycles. The highest BCUT2D eigenvalue weighted by Gasteiger charge is 2.34. The van der Waals surface area contributed by atoms with Gasteiger partial charge in [-0.2, -0.15) is 0 Å². The van der Waals surface area contributed by atoms with Crippen molar-refractivity contribution in [2.24, 2.45) is 5.41 Å². The molecule has 1 aliphatic rings. The second-order valence-electron chi connectivity index (χ2n) is 5.39. The Hall–Kier alpha value is -1.38. The van der Waals surface area contributed by atoms with Gasteiger partial charge >= 0.3 is 0 Å². The van der Waals surface area contributed by atoms with Crippen molar-refractivity contribution in [3.63, 3.8) is 0 Å². The lowest BCUT2D eigenvalue weighted by Gasteiger charge is -2.37. The third-order valence-corrected chi connectivity index (χ3v) is 4.81. The van der Waals surface area contributed by atoms with E-state index in [2.05, 4.69) is 5.32 Å². The average Bonchev–Trinajstić information content (AvgIpc) is 2.83. The molecule has 0 unspecified atom stereocenters. The largest absolute Gasteiger partial charge is 0.438 e. The summed E-state index contributed by atoms with van der Waals surface area (Å²) in [5.74, 6) is -0.451. The van der Waals surface area contributed by atoms with Gasteiger partial charge in [-0.05, 0) is 12.1 Å². The summed E-state index contributed by atoms with van der Waals surface area (Å²) >= 11 is 0. The molecular weight excluding hydrogens is 284 g/mol. The number of carbonyl (C=O) groups excluding carboxylic acids is 1. The van der Waals surface area contributed by atoms with E-state index >= 15 is 0 Å². The molecule has 1 amide bonds. The van der Waals surface area contributed by atoms with Crippen LogP contribution in [0.3, 0.4) is 0 Å². The van der Waals surface area contributed by atoms with Crippen LogP contribution in [-0.4, -0.2) is 52.5 Å². The minimum absolute atomic E-state index is 0.0192. The van der Waals surface area contributed by atoms with E-state index in [1.807, 2.05) is 6.92 Å². The highest BCUT2D eigenvalue weighted by atomic mass is 32.2. The van der Waals surface area contributed by atoms with E-state index in [-0.39, 0.29) is 16.3 Å². The van der Waals surface area contributed by atoms with Crippen LogP contribution in [0, 0.1) is 5.41 Å². The smallest absolute Gasteiger partial charge is 0.287 e. The Balaban J connectivity index is 2.03. The molecule has 0 aromatic carbocycles. The molecule has 20 heavy (non-hydrogen) atoms. The van der Waals surface area contributed by atoms with Gasteiger partial charge in [0.25, 0.3) is 15.9 Å². The normalized spacial score (nSPS) is 17.8. The predicted molar refractivity (Wildman–Crippen MR) is 70.8 cm³/mol. The fourth-order valence-corrected chi connectivity index (χ4v) is 2.49. The van der Waals surface area contributed by atoms with Crippen molar-refractivity contribution in [1.29, 1.82) is 0 Å². The standard InChI is InChI=1S/C12H18N2O5S/c1-12(7-18-8-12)6-13-11(15)9-4-5-10(19-9)20(16,17)14(2)3/h4-5H,6-8H2,1-3H3,(H,13,15). The monoisotopic (exact) mass is 302 g/mol. The fourth-order valence-electron chi connectivity index (χ4n) is 1.69. The number of nitrogens with zero attached hydrogens (tertiary/aromatic N) is 1. The Labute approximate surface area is 117 Å². The molecule has 0 atom stereocenters. The Morgan fingerprint density at radius 3 is 2.55 bits per heavy atom. The van der Waals surface area contributed by atoms with Crippen molar-refractivity contribution < 1.29 is 22.4 Å². The number of hydrogen-bond donors (Lipinski definition) is 1. The lowest BCUT2D eigenvalue weighted by atomic mass is 9.89. The van der Waals surface area contributed by atoms with Crippen LogP contribution in [0.4, 0.5) is 0 Å². The molecule has 1 saturated heterocycles. The van der Waals surface area contributed by atoms with Gasteiger partial charge in [-0.1, -0.05) is 6.92 Å². The summed E-state index contributed by atoms with van der Waals surface area (Å²) in [6, 6.07) is 2.63. The molecule has 1 aromatic heterocycles. The van der Waals surface area contributed by atoms with E-state index in [0.29, 0.717) is 19.8 Å². The summed E-state index contributed by atoms with van der Waals surface area (Å²) in [6.07, 6.45) is 0. The van der Waals surface area contributed by atoms with Crippen LogP contribution in [0.1, 0.15) is 17.5 Å². The lowest BCUT2D eigenvalue weighted by Crippen LogP contribution is -2.48. The van der Waals surface area contributed by atoms with E-state index in [1.54, 1.807) is 0 Å². The van der Waals surface area contributed by atoms with Crippen molar-refractivity contribution in [1.82, 2.24) is 9.62 Å². The third-order valence-electron chi connectivity index (χ3n) is 3.12. The highest BCUT2D eigenvalue weighted by Crippen LogP contribution is 2.25. The summed E-state index contributed by atoms with van der Waals surface area (Å²) in [5, 5.41) is 2.47. The molecule has 0 radical (unpaired) electrons. The third kappa shape index (κ3) is 2.87. The molecule has 0 spiro atoms. The average molecular weight is 302 g/mol. The predicted octanol–water partition coefficient (Wildman–Crippen LogP) is 0.296. The van der Waals surface area contributed by atoms with Crippen LogP contribution >= 0.6 is 0 Å². The van der Waals surface area contributed by atoms with Gasteiger partial charge in [0.2, 0.25) is 5.09 Å². The van der Waals surface area contributed by atoms with E-state index in [1.165, 1.54) is 26.2 Å². The molecule has 2 heterocycles. The number of amides is 1. The highest BCUT2D eigenvalue weighted by molar-refractivity contribution is 7.88. The van der Waals surface area contributed by atoms with Crippen LogP contribution in [0.5, 0.6) is 0 Å². The first-order chi connectivity index (χ1) is 9.24. The Bertz CT molecular complexity index is 601. The summed E-state index contributed by atoms with van der Waals surface area (Å²) < 4.78 is 34.9. The van der Waals surface area contributed by atoms with E-state index in [9.17, 15) is 13.2 Å². The summed E-state index contributed by atoms with van der Waals surface area (Å²) in [7, 11) is -0.864. The second-order valence-corrected chi connectivity index (χ2v) is 7.48. The van der Waals surface area contributed by atoms with Crippen LogP contribution in [-0.2, 0) is 14.8 Å². The Kier molecular flexibility index (Phi) is 3.90. The molecule has 1 fully saturated rings. The van der Waals surface area contributed by atoms with Gasteiger partial charge in [0, 0.05) is 26.1 Å². The van der Waals surface area contributed by atoms with Gasteiger partial charge < -0.3 is 14.5 Å². The number of ether oxygens (including phenoxy) is 1. The molecular formula is C12H18N2O5S. The Morgan fingerprint density at radius 2 is 2.05 bits per heavy atom. The number of sulfonamides is 1. The van der Waals surface area contributed by atoms with Gasteiger partial charge in [-0.15, -0.1) is 0 Å². The SMILES string of the molecule is CN(C)S(=O)(=O)c1ccc(C(=O)NCC2(C)COC2)o1. The quantitative estimate of drug-likeness (QED) is 0.845. The zero-order valence-corrected chi connectivity index (χ0v) is 12.5. The van der Waals surface area contributed by atoms with Gasteiger partial charge in [0.1, 0.15) is 0 Å². The van der Waals surface area contributed by atoms with Crippen molar-refractivity contribution in [2.75, 3.05) is 33.9 Å². The lowest BCUT2D eigenvalue weighted by molar-refractivity contribution is -0.0978. The van der Waals surface area contributed by atoms with E-state index < -0.39 is 15.9 Å². The number of hydrogen-bond acceptors (Lipinski definition) is 5. The number of furan rings is 1. The first-order valence-corrected chi connectivity index (χ1v) is 7.57. The topological polar surface area (TPSA) is 88.9 Å². The minimum Gasteiger partial charge on any atom is -0.438 e. The van der Waals surface area contributed by atoms with Crippen LogP contribution in [0.25, 0.3) is 0 Å². The van der Waals surface area contributed by atoms with Gasteiger partial charge in [-0.25, -0.2) is 12.7 Å². The molecule has 112 valence electrons. The number of nitrogens with one attached hydrogen (secondary N) is 1. The maximum atomic E-state index is 11.9. The van der Waals surface area contributed by atoms with E-state index in [0.717, 1.165) is 4.31 Å². The zero-order chi connectivity index (χ0) is 15.0. The number of carbonyl (C=O) groups is 1. The van der Waals surface area contributed by atoms with Gasteiger partial charge in [0.15, 0.2) is 5.76 Å². The molecule has 0 aliphatic carbocycles. The molecule has 8 heteroatoms. The van der Waals surface area contributed by atoms with Gasteiger partial charge in [0.05, 0.1) is 13.2 Å². The molecule has 0 bridgehead atoms. The summed E-state index contributed by atoms with van der Waals surface area (Å²) in [6.45, 7) is 3.67. The van der Waals surface area contributed by atoms with Crippen LogP contribution in [0.15, 0.2) is 21.6 Å². The van der Waals surface area contributed by atoms with Crippen molar-refractivity contribution in [3.05, 3.63) is 17.9 Å². The Morgan fingerprint density at radius 1 is 1.40 bits per heavy atom. The summed E-state index contributed by atoms with van der Waals surface area (Å²) in [4.78, 5) is 11.9. The van der Waals surface area contributed by atoms with Crippen molar-refractivity contribution in [3.8, 4) is 0 Å². The first-order valence-electron chi connectivity index (χ1n) is 6.13. The van der Waals surface area contributed by atoms with Crippen LogP contribution in [0.2, 0.25) is 0 Å². The number of rotatable bonds is 5. The molecule has 0 saturated carbocycles. The molecule has 1 N–H and O–H groups in total. The molecule has 1 aromatic rings. The molecule has 2 rings (SSSR count). The maximum Gasteiger partial charge on any atom is 0.287 e. The van der Waals surface area contributed by atoms with Crippen LogP contribution < -0.4 is 5.32 Å². The maximum absolute atomic E-state index is 11.9. The van der Waals surface area contributed by atoms with Gasteiger partial charge in [-0.3, -0.25) is 4.79 Å². The zero-order valence-electron chi connectivity index (χ0n) is 11.7. The second kappa shape index (κ2) is 5.19. The first kappa shape index (κ1) is 15.0. The van der Waals surface area contributed by atoms with Crippen molar-refractivity contribution >= 4 is 15.9 Å². The van der Waals surface area contributed by atoms with E-state index in [4.69, 9.17) is 9.15 Å². The fraction of sp³-hybridized carbons (Fsp3) is 0.583. The molecule has 7 nitrogen and oxygen atoms in total. The minimum atomic E-state index is -3.66. The van der Waals surface area contributed by atoms with Crippen molar-refractivity contribution in [2.45, 2.75) is 12.0 Å².